The quantitative estimate of drug-likeness (QED) is 0.779. The number of hydrogen-bond acceptors (Lipinski definition) is 3. The molecule has 1 aliphatic carbocycles. The zero-order chi connectivity index (χ0) is 16.8. The molecule has 0 N–H and O–H groups in total. The Morgan fingerprint density at radius 2 is 2.04 bits per heavy atom. The summed E-state index contributed by atoms with van der Waals surface area (Å²) >= 11 is 0. The van der Waals surface area contributed by atoms with Gasteiger partial charge in [-0.3, -0.25) is 4.99 Å². The molecule has 0 heterocycles. The number of hydrogen-bond donors (Lipinski definition) is 0. The minimum Gasteiger partial charge on any atom is -0.497 e. The Morgan fingerprint density at radius 3 is 2.65 bits per heavy atom. The number of methoxy groups -OCH3 is 1. The first-order valence-corrected chi connectivity index (χ1v) is 7.89. The third kappa shape index (κ3) is 4.12. The van der Waals surface area contributed by atoms with Crippen LogP contribution in [0.1, 0.15) is 31.2 Å². The standard InChI is InChI=1S/C18H25N3O2/c1-19-17(14-8-7-11-16(12-14)23-4)13-20(2)18(22)21(3)15-9-5-6-10-15/h7-8,11-13,15H,1,5-6,9-10H2,2-4H3. The Morgan fingerprint density at radius 1 is 1.35 bits per heavy atom. The summed E-state index contributed by atoms with van der Waals surface area (Å²) in [6.45, 7) is 3.62. The molecule has 1 saturated carbocycles. The van der Waals surface area contributed by atoms with Crippen LogP contribution >= 0.6 is 0 Å². The van der Waals surface area contributed by atoms with Crippen LogP contribution in [0, 0.1) is 0 Å². The van der Waals surface area contributed by atoms with Crippen molar-refractivity contribution in [3.63, 3.8) is 0 Å². The highest BCUT2D eigenvalue weighted by Crippen LogP contribution is 2.24. The molecule has 5 heteroatoms. The van der Waals surface area contributed by atoms with Crippen molar-refractivity contribution in [1.82, 2.24) is 9.80 Å². The maximum Gasteiger partial charge on any atom is 0.323 e. The maximum absolute atomic E-state index is 12.6. The monoisotopic (exact) mass is 315 g/mol. The van der Waals surface area contributed by atoms with E-state index >= 15 is 0 Å². The molecule has 1 aromatic rings. The summed E-state index contributed by atoms with van der Waals surface area (Å²) in [4.78, 5) is 20.0. The lowest BCUT2D eigenvalue weighted by Crippen LogP contribution is -2.41. The van der Waals surface area contributed by atoms with Gasteiger partial charge in [0.15, 0.2) is 0 Å². The molecule has 0 aromatic heterocycles. The van der Waals surface area contributed by atoms with Crippen LogP contribution in [0.2, 0.25) is 0 Å². The second kappa shape index (κ2) is 7.81. The van der Waals surface area contributed by atoms with Gasteiger partial charge in [0.2, 0.25) is 0 Å². The first-order chi connectivity index (χ1) is 11.1. The van der Waals surface area contributed by atoms with Crippen molar-refractivity contribution in [2.45, 2.75) is 31.7 Å². The summed E-state index contributed by atoms with van der Waals surface area (Å²) < 4.78 is 5.23. The molecule has 5 nitrogen and oxygen atoms in total. The third-order valence-corrected chi connectivity index (χ3v) is 4.33. The summed E-state index contributed by atoms with van der Waals surface area (Å²) in [6.07, 6.45) is 6.29. The fraction of sp³-hybridized carbons (Fsp3) is 0.444. The fourth-order valence-corrected chi connectivity index (χ4v) is 2.92. The third-order valence-electron chi connectivity index (χ3n) is 4.33. The Balaban J connectivity index is 2.15. The number of urea groups is 1. The van der Waals surface area contributed by atoms with Gasteiger partial charge < -0.3 is 14.5 Å². The Bertz CT molecular complexity index is 592. The largest absolute Gasteiger partial charge is 0.497 e. The van der Waals surface area contributed by atoms with Crippen molar-refractivity contribution in [2.75, 3.05) is 21.2 Å². The van der Waals surface area contributed by atoms with Crippen molar-refractivity contribution >= 4 is 18.4 Å². The van der Waals surface area contributed by atoms with Crippen LogP contribution in [0.25, 0.3) is 5.70 Å². The number of aliphatic imine (C=N–C) groups is 1. The van der Waals surface area contributed by atoms with Crippen LogP contribution in [0.5, 0.6) is 5.75 Å². The number of nitrogens with zero attached hydrogens (tertiary/aromatic N) is 3. The Hall–Kier alpha value is -2.30. The van der Waals surface area contributed by atoms with Crippen LogP contribution in [0.4, 0.5) is 4.79 Å². The second-order valence-electron chi connectivity index (χ2n) is 5.85. The summed E-state index contributed by atoms with van der Waals surface area (Å²) in [5.41, 5.74) is 1.50. The first kappa shape index (κ1) is 17.1. The summed E-state index contributed by atoms with van der Waals surface area (Å²) in [5, 5.41) is 0. The Labute approximate surface area is 138 Å². The molecular formula is C18H25N3O2. The van der Waals surface area contributed by atoms with Gasteiger partial charge in [0.1, 0.15) is 5.75 Å². The predicted octanol–water partition coefficient (Wildman–Crippen LogP) is 3.62. The highest BCUT2D eigenvalue weighted by molar-refractivity contribution is 5.78. The molecular weight excluding hydrogens is 290 g/mol. The van der Waals surface area contributed by atoms with Gasteiger partial charge in [-0.2, -0.15) is 0 Å². The lowest BCUT2D eigenvalue weighted by Gasteiger charge is -2.28. The first-order valence-electron chi connectivity index (χ1n) is 7.89. The molecule has 0 spiro atoms. The van der Waals surface area contributed by atoms with Gasteiger partial charge in [-0.15, -0.1) is 0 Å². The smallest absolute Gasteiger partial charge is 0.323 e. The molecule has 1 fully saturated rings. The van der Waals surface area contributed by atoms with Crippen LogP contribution < -0.4 is 4.74 Å². The van der Waals surface area contributed by atoms with Gasteiger partial charge in [-0.25, -0.2) is 4.79 Å². The molecule has 1 aliphatic rings. The second-order valence-corrected chi connectivity index (χ2v) is 5.85. The van der Waals surface area contributed by atoms with Crippen molar-refractivity contribution in [3.8, 4) is 5.75 Å². The average Bonchev–Trinajstić information content (AvgIpc) is 3.12. The van der Waals surface area contributed by atoms with Crippen LogP contribution in [-0.2, 0) is 0 Å². The Kier molecular flexibility index (Phi) is 5.79. The zero-order valence-electron chi connectivity index (χ0n) is 14.2. The molecule has 0 aliphatic heterocycles. The number of benzene rings is 1. The van der Waals surface area contributed by atoms with Gasteiger partial charge in [-0.05, 0) is 31.7 Å². The van der Waals surface area contributed by atoms with E-state index in [1.54, 1.807) is 25.3 Å². The lowest BCUT2D eigenvalue weighted by atomic mass is 10.1. The van der Waals surface area contributed by atoms with E-state index in [0.717, 1.165) is 24.2 Å². The number of amides is 2. The molecule has 1 aromatic carbocycles. The van der Waals surface area contributed by atoms with E-state index in [4.69, 9.17) is 4.74 Å². The van der Waals surface area contributed by atoms with E-state index in [9.17, 15) is 4.79 Å². The minimum atomic E-state index is -0.0269. The molecule has 2 rings (SSSR count). The normalized spacial score (nSPS) is 15.3. The minimum absolute atomic E-state index is 0.0269. The van der Waals surface area contributed by atoms with Gasteiger partial charge in [-0.1, -0.05) is 25.0 Å². The molecule has 2 amide bonds. The molecule has 0 radical (unpaired) electrons. The van der Waals surface area contributed by atoms with Crippen molar-refractivity contribution in [1.29, 1.82) is 0 Å². The van der Waals surface area contributed by atoms with Gasteiger partial charge in [0, 0.05) is 31.9 Å². The van der Waals surface area contributed by atoms with E-state index in [1.165, 1.54) is 12.8 Å². The summed E-state index contributed by atoms with van der Waals surface area (Å²) in [5.74, 6) is 0.745. The van der Waals surface area contributed by atoms with Gasteiger partial charge in [0.25, 0.3) is 0 Å². The number of ether oxygens (including phenoxy) is 1. The molecule has 23 heavy (non-hydrogen) atoms. The van der Waals surface area contributed by atoms with Gasteiger partial charge >= 0.3 is 6.03 Å². The van der Waals surface area contributed by atoms with Crippen LogP contribution in [0.15, 0.2) is 35.5 Å². The molecule has 0 saturated heterocycles. The van der Waals surface area contributed by atoms with Gasteiger partial charge in [0.05, 0.1) is 12.8 Å². The number of carbonyl (C=O) groups excluding carboxylic acids is 1. The number of rotatable bonds is 5. The maximum atomic E-state index is 12.6. The SMILES string of the molecule is C=NC(=CN(C)C(=O)N(C)C1CCCC1)c1cccc(OC)c1. The van der Waals surface area contributed by atoms with E-state index in [0.29, 0.717) is 11.7 Å². The van der Waals surface area contributed by atoms with Crippen molar-refractivity contribution in [2.24, 2.45) is 4.99 Å². The van der Waals surface area contributed by atoms with E-state index in [-0.39, 0.29) is 6.03 Å². The number of carbonyl (C=O) groups is 1. The summed E-state index contributed by atoms with van der Waals surface area (Å²) in [7, 11) is 5.24. The molecule has 0 unspecified atom stereocenters. The topological polar surface area (TPSA) is 45.1 Å². The highest BCUT2D eigenvalue weighted by Gasteiger charge is 2.25. The lowest BCUT2D eigenvalue weighted by molar-refractivity contribution is 0.169. The highest BCUT2D eigenvalue weighted by atomic mass is 16.5. The molecule has 0 atom stereocenters. The predicted molar refractivity (Wildman–Crippen MR) is 93.7 cm³/mol. The molecule has 124 valence electrons. The average molecular weight is 315 g/mol. The van der Waals surface area contributed by atoms with Crippen molar-refractivity contribution in [3.05, 3.63) is 36.0 Å². The van der Waals surface area contributed by atoms with E-state index in [2.05, 4.69) is 11.7 Å². The molecule has 0 bridgehead atoms. The van der Waals surface area contributed by atoms with E-state index < -0.39 is 0 Å². The van der Waals surface area contributed by atoms with Crippen molar-refractivity contribution < 1.29 is 9.53 Å². The summed E-state index contributed by atoms with van der Waals surface area (Å²) in [6, 6.07) is 7.87. The van der Waals surface area contributed by atoms with Crippen LogP contribution in [0.3, 0.4) is 0 Å². The fourth-order valence-electron chi connectivity index (χ4n) is 2.92. The zero-order valence-corrected chi connectivity index (χ0v) is 14.2. The van der Waals surface area contributed by atoms with E-state index in [1.807, 2.05) is 36.2 Å². The van der Waals surface area contributed by atoms with Crippen LogP contribution in [-0.4, -0.2) is 49.8 Å².